The Morgan fingerprint density at radius 1 is 1.70 bits per heavy atom. The fraction of sp³-hybridized carbons (Fsp3) is 0.857. The van der Waals surface area contributed by atoms with Crippen molar-refractivity contribution in [3.05, 3.63) is 0 Å². The molecular weight excluding hydrogens is 244 g/mol. The predicted molar refractivity (Wildman–Crippen MR) is 42.3 cm³/mol. The van der Waals surface area contributed by atoms with Crippen LogP contribution in [-0.2, 0) is 9.53 Å². The molecule has 2 nitrogen and oxygen atoms in total. The fourth-order valence-corrected chi connectivity index (χ4v) is 2.89. The summed E-state index contributed by atoms with van der Waals surface area (Å²) >= 11 is -0.145. The first kappa shape index (κ1) is 10.3. The zero-order valence-corrected chi connectivity index (χ0v) is 9.05. The van der Waals surface area contributed by atoms with Gasteiger partial charge in [0.15, 0.2) is 0 Å². The zero-order chi connectivity index (χ0) is 7.98. The van der Waals surface area contributed by atoms with Crippen molar-refractivity contribution in [1.82, 2.24) is 0 Å². The van der Waals surface area contributed by atoms with E-state index in [1.54, 1.807) is 0 Å². The first-order valence-electron chi connectivity index (χ1n) is 3.36. The van der Waals surface area contributed by atoms with Gasteiger partial charge in [-0.2, -0.15) is 0 Å². The van der Waals surface area contributed by atoms with Gasteiger partial charge in [-0.25, -0.2) is 0 Å². The number of hydrogen-bond donors (Lipinski definition) is 0. The van der Waals surface area contributed by atoms with E-state index in [-0.39, 0.29) is 30.9 Å². The van der Waals surface area contributed by atoms with E-state index in [0.717, 1.165) is 12.8 Å². The average molecular weight is 258 g/mol. The molecule has 0 amide bonds. The molecule has 0 heterocycles. The second-order valence-electron chi connectivity index (χ2n) is 2.04. The molecule has 0 N–H and O–H groups in total. The Labute approximate surface area is 72.4 Å². The number of carbonyl (C=O) groups is 1. The van der Waals surface area contributed by atoms with Crippen molar-refractivity contribution in [2.45, 2.75) is 28.7 Å². The van der Waals surface area contributed by atoms with E-state index in [1.807, 2.05) is 0 Å². The molecule has 0 rings (SSSR count). The van der Waals surface area contributed by atoms with E-state index >= 15 is 0 Å². The average Bonchev–Trinajstić information content (AvgIpc) is 1.99. The molecule has 1 atom stereocenters. The van der Waals surface area contributed by atoms with Gasteiger partial charge in [0.1, 0.15) is 0 Å². The van der Waals surface area contributed by atoms with Gasteiger partial charge in [0.25, 0.3) is 0 Å². The second-order valence-corrected chi connectivity index (χ2v) is 5.01. The molecule has 3 heteroatoms. The minimum atomic E-state index is -0.145. The van der Waals surface area contributed by atoms with Crippen LogP contribution in [0.5, 0.6) is 0 Å². The summed E-state index contributed by atoms with van der Waals surface area (Å²) in [7, 11) is 1.47. The summed E-state index contributed by atoms with van der Waals surface area (Å²) in [5, 5.41) is 0. The molecule has 1 unspecified atom stereocenters. The van der Waals surface area contributed by atoms with Crippen molar-refractivity contribution in [1.29, 1.82) is 0 Å². The Kier molecular flexibility index (Phi) is 6.16. The van der Waals surface area contributed by atoms with E-state index in [2.05, 4.69) is 16.6 Å². The Balaban J connectivity index is 3.68. The number of methoxy groups -OCH3 is 1. The number of carbonyl (C=O) groups excluding carboxylic acids is 1. The molecule has 0 radical (unpaired) electrons. The van der Waals surface area contributed by atoms with Crippen molar-refractivity contribution < 1.29 is 9.53 Å². The van der Waals surface area contributed by atoms with E-state index in [4.69, 9.17) is 0 Å². The summed E-state index contributed by atoms with van der Waals surface area (Å²) in [5.74, 6) is -0.00764. The van der Waals surface area contributed by atoms with Gasteiger partial charge in [-0.3, -0.25) is 0 Å². The zero-order valence-electron chi connectivity index (χ0n) is 6.72. The van der Waals surface area contributed by atoms with Crippen molar-refractivity contribution in [3.8, 4) is 0 Å². The molecule has 10 heavy (non-hydrogen) atoms. The second kappa shape index (κ2) is 6.00. The molecule has 0 aromatic rings. The first-order valence-corrected chi connectivity index (χ1v) is 7.04. The molecule has 0 saturated carbocycles. The molecule has 0 aromatic carbocycles. The van der Waals surface area contributed by atoms with E-state index in [9.17, 15) is 4.79 Å². The maximum atomic E-state index is 10.9. The number of rotatable bonds is 4. The molecule has 0 aliphatic heterocycles. The van der Waals surface area contributed by atoms with Gasteiger partial charge in [-0.15, -0.1) is 0 Å². The Morgan fingerprint density at radius 2 is 2.30 bits per heavy atom. The van der Waals surface area contributed by atoms with E-state index in [0.29, 0.717) is 0 Å². The van der Waals surface area contributed by atoms with E-state index < -0.39 is 0 Å². The fourth-order valence-electron chi connectivity index (χ4n) is 0.726. The third-order valence-electron chi connectivity index (χ3n) is 1.30. The van der Waals surface area contributed by atoms with Crippen LogP contribution in [0.2, 0.25) is 8.94 Å². The van der Waals surface area contributed by atoms with Crippen molar-refractivity contribution in [2.24, 2.45) is 0 Å². The standard InChI is InChI=1S/C7H14O2Te/c1-4-5-6(10-3)7(8)9-2/h6H,4-5H2,1-3H3. The summed E-state index contributed by atoms with van der Waals surface area (Å²) in [6.45, 7) is 2.10. The SMILES string of the molecule is CCCC([Te]C)C(=O)OC. The van der Waals surface area contributed by atoms with Crippen LogP contribution in [0.3, 0.4) is 0 Å². The van der Waals surface area contributed by atoms with Gasteiger partial charge in [0.05, 0.1) is 0 Å². The van der Waals surface area contributed by atoms with Gasteiger partial charge in [-0.1, -0.05) is 0 Å². The predicted octanol–water partition coefficient (Wildman–Crippen LogP) is 1.50. The Bertz CT molecular complexity index is 104. The Morgan fingerprint density at radius 3 is 2.60 bits per heavy atom. The minimum absolute atomic E-state index is 0.00764. The summed E-state index contributed by atoms with van der Waals surface area (Å²) < 4.78 is 4.90. The normalized spacial score (nSPS) is 12.7. The number of esters is 1. The van der Waals surface area contributed by atoms with Crippen LogP contribution >= 0.6 is 0 Å². The molecule has 60 valence electrons. The van der Waals surface area contributed by atoms with Gasteiger partial charge >= 0.3 is 72.2 Å². The van der Waals surface area contributed by atoms with Gasteiger partial charge in [-0.05, 0) is 0 Å². The summed E-state index contributed by atoms with van der Waals surface area (Å²) in [5.41, 5.74) is 0. The number of hydrogen-bond acceptors (Lipinski definition) is 2. The summed E-state index contributed by atoms with van der Waals surface area (Å²) in [6.07, 6.45) is 2.09. The van der Waals surface area contributed by atoms with Crippen LogP contribution in [-0.4, -0.2) is 34.0 Å². The van der Waals surface area contributed by atoms with Gasteiger partial charge in [0, 0.05) is 0 Å². The van der Waals surface area contributed by atoms with Crippen LogP contribution in [0.1, 0.15) is 19.8 Å². The molecule has 0 saturated heterocycles. The first-order chi connectivity index (χ1) is 4.76. The van der Waals surface area contributed by atoms with Crippen LogP contribution in [0, 0.1) is 0 Å². The topological polar surface area (TPSA) is 26.3 Å². The molecule has 0 aliphatic carbocycles. The summed E-state index contributed by atoms with van der Waals surface area (Å²) in [6, 6.07) is 0. The number of ether oxygens (including phenoxy) is 1. The maximum absolute atomic E-state index is 10.9. The van der Waals surface area contributed by atoms with Crippen LogP contribution in [0.15, 0.2) is 0 Å². The van der Waals surface area contributed by atoms with Gasteiger partial charge in [0.2, 0.25) is 0 Å². The Hall–Kier alpha value is 0.260. The monoisotopic (exact) mass is 260 g/mol. The molecule has 0 bridgehead atoms. The molecule has 0 aliphatic rings. The van der Waals surface area contributed by atoms with Gasteiger partial charge < -0.3 is 0 Å². The third kappa shape index (κ3) is 3.43. The van der Waals surface area contributed by atoms with Crippen LogP contribution in [0.25, 0.3) is 0 Å². The van der Waals surface area contributed by atoms with Crippen LogP contribution in [0.4, 0.5) is 0 Å². The molecule has 0 spiro atoms. The third-order valence-corrected chi connectivity index (χ3v) is 4.15. The van der Waals surface area contributed by atoms with Crippen LogP contribution < -0.4 is 0 Å². The quantitative estimate of drug-likeness (QED) is 0.564. The summed E-state index contributed by atoms with van der Waals surface area (Å²) in [4.78, 5) is 13.1. The molecular formula is C7H14O2Te. The van der Waals surface area contributed by atoms with E-state index in [1.165, 1.54) is 7.11 Å². The van der Waals surface area contributed by atoms with Crippen molar-refractivity contribution in [3.63, 3.8) is 0 Å². The van der Waals surface area contributed by atoms with Crippen molar-refractivity contribution in [2.75, 3.05) is 7.11 Å². The van der Waals surface area contributed by atoms with Crippen molar-refractivity contribution >= 4 is 26.9 Å². The molecule has 0 aromatic heterocycles. The molecule has 0 fully saturated rings.